The Kier molecular flexibility index (Phi) is 3.19. The molecule has 0 bridgehead atoms. The Morgan fingerprint density at radius 2 is 1.81 bits per heavy atom. The zero-order valence-corrected chi connectivity index (χ0v) is 8.80. The van der Waals surface area contributed by atoms with E-state index in [0.717, 1.165) is 5.56 Å². The fourth-order valence-electron chi connectivity index (χ4n) is 2.30. The maximum atomic E-state index is 12.8. The molecule has 88 valence electrons. The largest absolute Gasteiger partial charge is 0.393 e. The molecule has 1 aliphatic rings. The minimum absolute atomic E-state index is 0.0308. The zero-order valence-electron chi connectivity index (χ0n) is 8.80. The van der Waals surface area contributed by atoms with Crippen molar-refractivity contribution < 1.29 is 13.2 Å². The number of piperidine rings is 1. The van der Waals surface area contributed by atoms with Crippen LogP contribution in [0.5, 0.6) is 0 Å². The van der Waals surface area contributed by atoms with E-state index in [0.29, 0.717) is 13.0 Å². The summed E-state index contributed by atoms with van der Waals surface area (Å²) in [6.45, 7) is 0.690. The fraction of sp³-hybridized carbons (Fsp3) is 0.500. The molecule has 2 rings (SSSR count). The molecule has 1 aromatic rings. The first-order chi connectivity index (χ1) is 7.59. The normalized spacial score (nSPS) is 26.7. The van der Waals surface area contributed by atoms with E-state index in [9.17, 15) is 13.2 Å². The molecule has 0 aliphatic carbocycles. The molecule has 0 saturated carbocycles. The van der Waals surface area contributed by atoms with Crippen LogP contribution in [0, 0.1) is 5.92 Å². The molecule has 1 heterocycles. The van der Waals surface area contributed by atoms with E-state index in [-0.39, 0.29) is 6.54 Å². The van der Waals surface area contributed by atoms with E-state index in [1.54, 1.807) is 24.3 Å². The van der Waals surface area contributed by atoms with Gasteiger partial charge in [-0.05, 0) is 24.4 Å². The average molecular weight is 229 g/mol. The fourth-order valence-corrected chi connectivity index (χ4v) is 2.30. The first-order valence-electron chi connectivity index (χ1n) is 5.41. The van der Waals surface area contributed by atoms with Crippen molar-refractivity contribution >= 4 is 0 Å². The SMILES string of the molecule is FC(F)(F)[C@@H]1CNCC[C@H]1c1ccccc1. The van der Waals surface area contributed by atoms with Crippen molar-refractivity contribution in [3.05, 3.63) is 35.9 Å². The van der Waals surface area contributed by atoms with Crippen LogP contribution in [0.4, 0.5) is 13.2 Å². The van der Waals surface area contributed by atoms with Crippen LogP contribution in [0.3, 0.4) is 0 Å². The number of hydrogen-bond donors (Lipinski definition) is 1. The van der Waals surface area contributed by atoms with Gasteiger partial charge in [0.2, 0.25) is 0 Å². The minimum atomic E-state index is -4.12. The molecule has 4 heteroatoms. The van der Waals surface area contributed by atoms with E-state index >= 15 is 0 Å². The Bertz CT molecular complexity index is 334. The second-order valence-electron chi connectivity index (χ2n) is 4.16. The minimum Gasteiger partial charge on any atom is -0.316 e. The number of hydrogen-bond acceptors (Lipinski definition) is 1. The Balaban J connectivity index is 2.24. The zero-order chi connectivity index (χ0) is 11.6. The van der Waals surface area contributed by atoms with Crippen LogP contribution >= 0.6 is 0 Å². The van der Waals surface area contributed by atoms with Gasteiger partial charge in [-0.3, -0.25) is 0 Å². The number of benzene rings is 1. The van der Waals surface area contributed by atoms with Gasteiger partial charge in [-0.25, -0.2) is 0 Å². The van der Waals surface area contributed by atoms with E-state index < -0.39 is 18.0 Å². The van der Waals surface area contributed by atoms with Crippen molar-refractivity contribution in [2.24, 2.45) is 5.92 Å². The van der Waals surface area contributed by atoms with Crippen LogP contribution in [0.2, 0.25) is 0 Å². The second-order valence-corrected chi connectivity index (χ2v) is 4.16. The van der Waals surface area contributed by atoms with Gasteiger partial charge in [-0.2, -0.15) is 13.2 Å². The highest BCUT2D eigenvalue weighted by Gasteiger charge is 2.45. The van der Waals surface area contributed by atoms with E-state index in [1.165, 1.54) is 0 Å². The third-order valence-corrected chi connectivity index (χ3v) is 3.13. The summed E-state index contributed by atoms with van der Waals surface area (Å²) >= 11 is 0. The van der Waals surface area contributed by atoms with Gasteiger partial charge in [0.05, 0.1) is 5.92 Å². The molecule has 0 unspecified atom stereocenters. The summed E-state index contributed by atoms with van der Waals surface area (Å²) in [7, 11) is 0. The first kappa shape index (κ1) is 11.5. The van der Waals surface area contributed by atoms with Gasteiger partial charge < -0.3 is 5.32 Å². The van der Waals surface area contributed by atoms with Crippen molar-refractivity contribution in [2.75, 3.05) is 13.1 Å². The smallest absolute Gasteiger partial charge is 0.316 e. The van der Waals surface area contributed by atoms with Gasteiger partial charge in [-0.15, -0.1) is 0 Å². The summed E-state index contributed by atoms with van der Waals surface area (Å²) < 4.78 is 38.5. The van der Waals surface area contributed by atoms with Crippen molar-refractivity contribution in [3.63, 3.8) is 0 Å². The highest BCUT2D eigenvalue weighted by Crippen LogP contribution is 2.40. The van der Waals surface area contributed by atoms with Crippen LogP contribution in [0.1, 0.15) is 17.9 Å². The molecule has 1 N–H and O–H groups in total. The summed E-state index contributed by atoms with van der Waals surface area (Å²) in [5, 5.41) is 2.82. The quantitative estimate of drug-likeness (QED) is 0.780. The Labute approximate surface area is 92.7 Å². The summed E-state index contributed by atoms with van der Waals surface area (Å²) in [4.78, 5) is 0. The Morgan fingerprint density at radius 1 is 1.12 bits per heavy atom. The van der Waals surface area contributed by atoms with Crippen LogP contribution in [-0.2, 0) is 0 Å². The molecule has 16 heavy (non-hydrogen) atoms. The highest BCUT2D eigenvalue weighted by atomic mass is 19.4. The molecule has 1 fully saturated rings. The summed E-state index contributed by atoms with van der Waals surface area (Å²) in [5.41, 5.74) is 0.798. The molecule has 0 radical (unpaired) electrons. The third-order valence-electron chi connectivity index (χ3n) is 3.13. The van der Waals surface area contributed by atoms with Crippen molar-refractivity contribution in [1.82, 2.24) is 5.32 Å². The van der Waals surface area contributed by atoms with Gasteiger partial charge in [0.15, 0.2) is 0 Å². The van der Waals surface area contributed by atoms with Crippen molar-refractivity contribution in [3.8, 4) is 0 Å². The lowest BCUT2D eigenvalue weighted by Gasteiger charge is -2.33. The predicted octanol–water partition coefficient (Wildman–Crippen LogP) is 2.94. The van der Waals surface area contributed by atoms with Gasteiger partial charge in [0.1, 0.15) is 0 Å². The van der Waals surface area contributed by atoms with Crippen LogP contribution in [0.15, 0.2) is 30.3 Å². The average Bonchev–Trinajstić information content (AvgIpc) is 2.29. The van der Waals surface area contributed by atoms with Gasteiger partial charge >= 0.3 is 6.18 Å². The lowest BCUT2D eigenvalue weighted by molar-refractivity contribution is -0.183. The number of rotatable bonds is 1. The van der Waals surface area contributed by atoms with Crippen molar-refractivity contribution in [1.29, 1.82) is 0 Å². The van der Waals surface area contributed by atoms with E-state index in [1.807, 2.05) is 6.07 Å². The van der Waals surface area contributed by atoms with Crippen LogP contribution < -0.4 is 5.32 Å². The molecule has 1 saturated heterocycles. The van der Waals surface area contributed by atoms with Crippen molar-refractivity contribution in [2.45, 2.75) is 18.5 Å². The van der Waals surface area contributed by atoms with E-state index in [4.69, 9.17) is 0 Å². The molecule has 1 nitrogen and oxygen atoms in total. The van der Waals surface area contributed by atoms with Gasteiger partial charge in [0.25, 0.3) is 0 Å². The number of nitrogens with one attached hydrogen (secondary N) is 1. The third kappa shape index (κ3) is 2.38. The maximum Gasteiger partial charge on any atom is 0.393 e. The maximum absolute atomic E-state index is 12.8. The lowest BCUT2D eigenvalue weighted by Crippen LogP contribution is -2.43. The predicted molar refractivity (Wildman–Crippen MR) is 56.2 cm³/mol. The summed E-state index contributed by atoms with van der Waals surface area (Å²) in [5.74, 6) is -1.66. The standard InChI is InChI=1S/C12H14F3N/c13-12(14,15)11-8-16-7-6-10(11)9-4-2-1-3-5-9/h1-5,10-11,16H,6-8H2/t10-,11+/m0/s1. The van der Waals surface area contributed by atoms with Crippen LogP contribution in [-0.4, -0.2) is 19.3 Å². The Hall–Kier alpha value is -1.03. The molecule has 1 aromatic carbocycles. The lowest BCUT2D eigenvalue weighted by atomic mass is 9.81. The topological polar surface area (TPSA) is 12.0 Å². The molecule has 2 atom stereocenters. The Morgan fingerprint density at radius 3 is 2.44 bits per heavy atom. The van der Waals surface area contributed by atoms with Gasteiger partial charge in [-0.1, -0.05) is 30.3 Å². The number of halogens is 3. The molecular weight excluding hydrogens is 215 g/mol. The highest BCUT2D eigenvalue weighted by molar-refractivity contribution is 5.21. The number of alkyl halides is 3. The monoisotopic (exact) mass is 229 g/mol. The molecule has 0 spiro atoms. The molecule has 0 aromatic heterocycles. The summed E-state index contributed by atoms with van der Waals surface area (Å²) in [6.07, 6.45) is -3.57. The molecule has 0 amide bonds. The van der Waals surface area contributed by atoms with E-state index in [2.05, 4.69) is 5.32 Å². The second kappa shape index (κ2) is 4.45. The first-order valence-corrected chi connectivity index (χ1v) is 5.41. The molecule has 1 aliphatic heterocycles. The van der Waals surface area contributed by atoms with Crippen LogP contribution in [0.25, 0.3) is 0 Å². The van der Waals surface area contributed by atoms with Gasteiger partial charge in [0, 0.05) is 6.54 Å². The summed E-state index contributed by atoms with van der Waals surface area (Å²) in [6, 6.07) is 8.99. The molecular formula is C12H14F3N.